The van der Waals surface area contributed by atoms with Crippen LogP contribution in [0.1, 0.15) is 77.0 Å². The predicted molar refractivity (Wildman–Crippen MR) is 104 cm³/mol. The molecule has 1 atom stereocenters. The van der Waals surface area contributed by atoms with Crippen LogP contribution in [0.15, 0.2) is 30.3 Å². The second-order valence-corrected chi connectivity index (χ2v) is 8.82. The molecule has 1 saturated carbocycles. The van der Waals surface area contributed by atoms with Crippen molar-refractivity contribution in [3.8, 4) is 5.75 Å². The van der Waals surface area contributed by atoms with Crippen molar-refractivity contribution in [1.82, 2.24) is 0 Å². The van der Waals surface area contributed by atoms with Crippen molar-refractivity contribution in [2.75, 3.05) is 12.4 Å². The molecule has 0 N–H and O–H groups in total. The molecule has 0 saturated heterocycles. The van der Waals surface area contributed by atoms with Gasteiger partial charge in [-0.1, -0.05) is 69.6 Å². The zero-order chi connectivity index (χ0) is 16.9. The summed E-state index contributed by atoms with van der Waals surface area (Å²) in [4.78, 5) is 0. The van der Waals surface area contributed by atoms with E-state index in [4.69, 9.17) is 4.74 Å². The number of hydrogen-bond donors (Lipinski definition) is 0. The van der Waals surface area contributed by atoms with E-state index in [0.29, 0.717) is 5.25 Å². The monoisotopic (exact) mass is 350 g/mol. The molecule has 1 fully saturated rings. The van der Waals surface area contributed by atoms with Crippen LogP contribution in [0, 0.1) is 0 Å². The quantitative estimate of drug-likeness (QED) is 0.440. The zero-order valence-corrected chi connectivity index (χ0v) is 15.9. The molecule has 0 radical (unpaired) electrons. The van der Waals surface area contributed by atoms with Gasteiger partial charge >= 0.3 is 0 Å². The smallest absolute Gasteiger partial charge is 0.119 e. The van der Waals surface area contributed by atoms with Gasteiger partial charge in [-0.3, -0.25) is 4.21 Å². The van der Waals surface area contributed by atoms with Crippen LogP contribution in [-0.4, -0.2) is 21.8 Å². The average Bonchev–Trinajstić information content (AvgIpc) is 2.64. The van der Waals surface area contributed by atoms with Crippen LogP contribution in [-0.2, 0) is 10.8 Å². The van der Waals surface area contributed by atoms with Crippen molar-refractivity contribution in [1.29, 1.82) is 0 Å². The number of para-hydroxylation sites is 1. The van der Waals surface area contributed by atoms with Crippen LogP contribution in [0.5, 0.6) is 5.75 Å². The predicted octanol–water partition coefficient (Wildman–Crippen LogP) is 5.88. The van der Waals surface area contributed by atoms with E-state index < -0.39 is 10.8 Å². The summed E-state index contributed by atoms with van der Waals surface area (Å²) in [6, 6.07) is 10.1. The lowest BCUT2D eigenvalue weighted by Crippen LogP contribution is -2.20. The van der Waals surface area contributed by atoms with Crippen LogP contribution < -0.4 is 4.74 Å². The van der Waals surface area contributed by atoms with Crippen LogP contribution >= 0.6 is 0 Å². The molecule has 1 unspecified atom stereocenters. The first kappa shape index (κ1) is 19.5. The van der Waals surface area contributed by atoms with E-state index in [-0.39, 0.29) is 0 Å². The van der Waals surface area contributed by atoms with Gasteiger partial charge in [0, 0.05) is 21.8 Å². The maximum atomic E-state index is 12.2. The van der Waals surface area contributed by atoms with Gasteiger partial charge in [-0.2, -0.15) is 0 Å². The fourth-order valence-corrected chi connectivity index (χ4v) is 5.11. The number of ether oxygens (including phenoxy) is 1. The summed E-state index contributed by atoms with van der Waals surface area (Å²) in [6.07, 6.45) is 15.0. The number of benzene rings is 1. The van der Waals surface area contributed by atoms with Crippen molar-refractivity contribution in [2.45, 2.75) is 82.3 Å². The number of unbranched alkanes of at least 4 members (excludes halogenated alkanes) is 6. The third-order valence-electron chi connectivity index (χ3n) is 4.93. The summed E-state index contributed by atoms with van der Waals surface area (Å²) in [7, 11) is -0.553. The van der Waals surface area contributed by atoms with E-state index in [9.17, 15) is 4.21 Å². The Morgan fingerprint density at radius 3 is 2.17 bits per heavy atom. The molecule has 1 aromatic rings. The van der Waals surface area contributed by atoms with E-state index in [1.54, 1.807) is 0 Å². The lowest BCUT2D eigenvalue weighted by Gasteiger charge is -2.20. The molecule has 136 valence electrons. The summed E-state index contributed by atoms with van der Waals surface area (Å²) < 4.78 is 17.9. The van der Waals surface area contributed by atoms with Gasteiger partial charge in [0.25, 0.3) is 0 Å². The summed E-state index contributed by atoms with van der Waals surface area (Å²) in [5, 5.41) is 0.517. The maximum absolute atomic E-state index is 12.2. The molecule has 1 aromatic carbocycles. The minimum Gasteiger partial charge on any atom is -0.494 e. The van der Waals surface area contributed by atoms with Gasteiger partial charge in [0.1, 0.15) is 5.75 Å². The Hall–Kier alpha value is -0.830. The third-order valence-corrected chi connectivity index (χ3v) is 6.83. The van der Waals surface area contributed by atoms with Gasteiger partial charge in [-0.05, 0) is 37.8 Å². The molecular formula is C21H34O2S. The molecule has 0 aliphatic heterocycles. The fourth-order valence-electron chi connectivity index (χ4n) is 3.43. The number of rotatable bonds is 12. The van der Waals surface area contributed by atoms with Gasteiger partial charge in [-0.15, -0.1) is 0 Å². The Morgan fingerprint density at radius 1 is 0.833 bits per heavy atom. The van der Waals surface area contributed by atoms with Crippen molar-refractivity contribution in [2.24, 2.45) is 0 Å². The van der Waals surface area contributed by atoms with Crippen LogP contribution in [0.3, 0.4) is 0 Å². The Kier molecular flexibility index (Phi) is 10.2. The minimum atomic E-state index is -0.553. The van der Waals surface area contributed by atoms with E-state index in [2.05, 4.69) is 0 Å². The SMILES string of the molecule is O=S(CCCCCCCCCOc1ccccc1)C1CCCCC1. The fraction of sp³-hybridized carbons (Fsp3) is 0.714. The highest BCUT2D eigenvalue weighted by Crippen LogP contribution is 2.22. The second kappa shape index (κ2) is 12.5. The topological polar surface area (TPSA) is 26.3 Å². The number of hydrogen-bond acceptors (Lipinski definition) is 2. The lowest BCUT2D eigenvalue weighted by atomic mass is 10.0. The van der Waals surface area contributed by atoms with E-state index in [1.165, 1.54) is 64.2 Å². The summed E-state index contributed by atoms with van der Waals surface area (Å²) in [6.45, 7) is 0.824. The van der Waals surface area contributed by atoms with Gasteiger partial charge in [0.05, 0.1) is 6.61 Å². The lowest BCUT2D eigenvalue weighted by molar-refractivity contribution is 0.304. The zero-order valence-electron chi connectivity index (χ0n) is 15.1. The Morgan fingerprint density at radius 2 is 1.46 bits per heavy atom. The maximum Gasteiger partial charge on any atom is 0.119 e. The summed E-state index contributed by atoms with van der Waals surface area (Å²) >= 11 is 0. The standard InChI is InChI=1S/C21H34O2S/c22-24(21-16-10-7-11-17-21)19-13-5-3-1-2-4-12-18-23-20-14-8-6-9-15-20/h6,8-9,14-15,21H,1-5,7,10-13,16-19H2. The molecular weight excluding hydrogens is 316 g/mol. The molecule has 0 bridgehead atoms. The van der Waals surface area contributed by atoms with Crippen molar-refractivity contribution in [3.63, 3.8) is 0 Å². The highest BCUT2D eigenvalue weighted by molar-refractivity contribution is 7.85. The average molecular weight is 351 g/mol. The van der Waals surface area contributed by atoms with Crippen LogP contribution in [0.4, 0.5) is 0 Å². The Labute approximate surface area is 150 Å². The molecule has 2 nitrogen and oxygen atoms in total. The molecule has 2 rings (SSSR count). The summed E-state index contributed by atoms with van der Waals surface area (Å²) in [5.74, 6) is 1.92. The first-order chi connectivity index (χ1) is 11.9. The van der Waals surface area contributed by atoms with E-state index >= 15 is 0 Å². The second-order valence-electron chi connectivity index (χ2n) is 6.98. The van der Waals surface area contributed by atoms with Crippen molar-refractivity contribution >= 4 is 10.8 Å². The largest absolute Gasteiger partial charge is 0.494 e. The first-order valence-corrected chi connectivity index (χ1v) is 11.3. The molecule has 1 aliphatic carbocycles. The normalized spacial score (nSPS) is 16.8. The molecule has 1 aliphatic rings. The molecule has 0 amide bonds. The highest BCUT2D eigenvalue weighted by Gasteiger charge is 2.18. The van der Waals surface area contributed by atoms with Crippen LogP contribution in [0.2, 0.25) is 0 Å². The minimum absolute atomic E-state index is 0.517. The van der Waals surface area contributed by atoms with E-state index in [1.807, 2.05) is 30.3 Å². The molecule has 0 aromatic heterocycles. The molecule has 0 spiro atoms. The molecule has 3 heteroatoms. The van der Waals surface area contributed by atoms with Gasteiger partial charge in [0.2, 0.25) is 0 Å². The Bertz CT molecular complexity index is 440. The summed E-state index contributed by atoms with van der Waals surface area (Å²) in [5.41, 5.74) is 0. The molecule has 0 heterocycles. The third kappa shape index (κ3) is 8.32. The van der Waals surface area contributed by atoms with Crippen molar-refractivity contribution < 1.29 is 8.95 Å². The molecule has 24 heavy (non-hydrogen) atoms. The van der Waals surface area contributed by atoms with E-state index in [0.717, 1.165) is 31.0 Å². The first-order valence-electron chi connectivity index (χ1n) is 9.91. The van der Waals surface area contributed by atoms with Gasteiger partial charge < -0.3 is 4.74 Å². The van der Waals surface area contributed by atoms with Gasteiger partial charge in [0.15, 0.2) is 0 Å². The Balaban J connectivity index is 1.36. The van der Waals surface area contributed by atoms with Gasteiger partial charge in [-0.25, -0.2) is 0 Å². The van der Waals surface area contributed by atoms with Crippen LogP contribution in [0.25, 0.3) is 0 Å². The highest BCUT2D eigenvalue weighted by atomic mass is 32.2. The van der Waals surface area contributed by atoms with Crippen molar-refractivity contribution in [3.05, 3.63) is 30.3 Å².